The largest absolute Gasteiger partial charge is 0.477 e. The molecule has 3 aromatic carbocycles. The monoisotopic (exact) mass is 638 g/mol. The van der Waals surface area contributed by atoms with E-state index >= 15 is 0 Å². The minimum Gasteiger partial charge on any atom is -0.477 e. The average molecular weight is 638 g/mol. The van der Waals surface area contributed by atoms with Crippen LogP contribution in [0.15, 0.2) is 89.5 Å². The molecule has 0 unspecified atom stereocenters. The maximum absolute atomic E-state index is 10.1. The summed E-state index contributed by atoms with van der Waals surface area (Å²) >= 11 is 0. The first kappa shape index (κ1) is 24.3. The van der Waals surface area contributed by atoms with E-state index in [1.54, 1.807) is 12.1 Å². The number of rotatable bonds is 2. The normalized spacial score (nSPS) is 10.6. The van der Waals surface area contributed by atoms with Crippen LogP contribution < -0.4 is 0 Å². The Labute approximate surface area is 215 Å². The second kappa shape index (κ2) is 10.2. The van der Waals surface area contributed by atoms with Crippen LogP contribution in [0.1, 0.15) is 21.6 Å². The predicted octanol–water partition coefficient (Wildman–Crippen LogP) is 7.00. The SMILES string of the molecule is Cc1[c-]c(-c2nc3ccccc3c3c2oc2ccccc23)cc(C)c1.O=C(O)c1ccccn1.[Ir]. The van der Waals surface area contributed by atoms with Crippen molar-refractivity contribution in [1.29, 1.82) is 0 Å². The van der Waals surface area contributed by atoms with Gasteiger partial charge in [-0.15, -0.1) is 34.9 Å². The Hall–Kier alpha value is -3.86. The van der Waals surface area contributed by atoms with Crippen molar-refractivity contribution in [3.05, 3.63) is 108 Å². The van der Waals surface area contributed by atoms with Gasteiger partial charge in [-0.05, 0) is 24.3 Å². The van der Waals surface area contributed by atoms with Crippen LogP contribution in [0.5, 0.6) is 0 Å². The number of aryl methyl sites for hydroxylation is 2. The molecule has 175 valence electrons. The van der Waals surface area contributed by atoms with E-state index in [1.807, 2.05) is 24.3 Å². The van der Waals surface area contributed by atoms with Gasteiger partial charge < -0.3 is 9.52 Å². The topological polar surface area (TPSA) is 76.2 Å². The minimum absolute atomic E-state index is 0. The van der Waals surface area contributed by atoms with Crippen LogP contribution in [0.25, 0.3) is 44.1 Å². The van der Waals surface area contributed by atoms with Crippen molar-refractivity contribution in [1.82, 2.24) is 9.97 Å². The van der Waals surface area contributed by atoms with E-state index in [4.69, 9.17) is 14.5 Å². The smallest absolute Gasteiger partial charge is 0.354 e. The van der Waals surface area contributed by atoms with Gasteiger partial charge in [-0.3, -0.25) is 4.98 Å². The van der Waals surface area contributed by atoms with E-state index in [2.05, 4.69) is 61.3 Å². The van der Waals surface area contributed by atoms with Crippen molar-refractivity contribution in [2.45, 2.75) is 13.8 Å². The third-order valence-corrected chi connectivity index (χ3v) is 5.50. The molecule has 0 aliphatic heterocycles. The van der Waals surface area contributed by atoms with Gasteiger partial charge in [-0.1, -0.05) is 56.3 Å². The number of carbonyl (C=O) groups is 1. The Kier molecular flexibility index (Phi) is 7.06. The van der Waals surface area contributed by atoms with Crippen LogP contribution in [0.3, 0.4) is 0 Å². The zero-order chi connectivity index (χ0) is 23.7. The molecule has 0 bridgehead atoms. The van der Waals surface area contributed by atoms with Gasteiger partial charge in [0.05, 0.1) is 5.52 Å². The number of carboxylic acid groups (broad SMARTS) is 1. The molecular weight excluding hydrogens is 617 g/mol. The number of para-hydroxylation sites is 2. The summed E-state index contributed by atoms with van der Waals surface area (Å²) in [5.41, 5.74) is 6.92. The van der Waals surface area contributed by atoms with Gasteiger partial charge in [0.2, 0.25) is 0 Å². The molecule has 0 spiro atoms. The minimum atomic E-state index is -0.990. The first-order chi connectivity index (χ1) is 16.5. The van der Waals surface area contributed by atoms with Crippen LogP contribution in [0, 0.1) is 19.9 Å². The van der Waals surface area contributed by atoms with Gasteiger partial charge in [-0.25, -0.2) is 9.78 Å². The summed E-state index contributed by atoms with van der Waals surface area (Å²) in [4.78, 5) is 18.6. The van der Waals surface area contributed by atoms with E-state index in [0.29, 0.717) is 0 Å². The summed E-state index contributed by atoms with van der Waals surface area (Å²) in [7, 11) is 0. The van der Waals surface area contributed by atoms with E-state index in [1.165, 1.54) is 17.8 Å². The quantitative estimate of drug-likeness (QED) is 0.207. The van der Waals surface area contributed by atoms with Crippen molar-refractivity contribution in [2.75, 3.05) is 0 Å². The third kappa shape index (κ3) is 4.85. The number of hydrogen-bond donors (Lipinski definition) is 1. The Balaban J connectivity index is 0.000000247. The van der Waals surface area contributed by atoms with Gasteiger partial charge in [0, 0.05) is 48.2 Å². The number of hydrogen-bond acceptors (Lipinski definition) is 4. The number of aromatic carboxylic acids is 1. The number of fused-ring (bicyclic) bond motifs is 5. The molecule has 0 fully saturated rings. The average Bonchev–Trinajstić information content (AvgIpc) is 3.24. The molecule has 6 rings (SSSR count). The number of benzene rings is 3. The maximum atomic E-state index is 10.1. The zero-order valence-corrected chi connectivity index (χ0v) is 21.5. The van der Waals surface area contributed by atoms with Gasteiger partial charge in [-0.2, -0.15) is 0 Å². The summed E-state index contributed by atoms with van der Waals surface area (Å²) in [5.74, 6) is -0.990. The van der Waals surface area contributed by atoms with Gasteiger partial charge in [0.25, 0.3) is 0 Å². The fourth-order valence-electron chi connectivity index (χ4n) is 4.13. The van der Waals surface area contributed by atoms with E-state index in [0.717, 1.165) is 49.7 Å². The Morgan fingerprint density at radius 3 is 2.31 bits per heavy atom. The van der Waals surface area contributed by atoms with E-state index < -0.39 is 5.97 Å². The molecule has 1 radical (unpaired) electrons. The molecule has 6 aromatic rings. The molecule has 0 amide bonds. The second-order valence-electron chi connectivity index (χ2n) is 8.05. The first-order valence-electron chi connectivity index (χ1n) is 10.9. The second-order valence-corrected chi connectivity index (χ2v) is 8.05. The van der Waals surface area contributed by atoms with Crippen LogP contribution in [0.2, 0.25) is 0 Å². The maximum Gasteiger partial charge on any atom is 0.354 e. The van der Waals surface area contributed by atoms with Gasteiger partial charge >= 0.3 is 5.97 Å². The molecule has 3 heterocycles. The Morgan fingerprint density at radius 1 is 0.914 bits per heavy atom. The fraction of sp³-hybridized carbons (Fsp3) is 0.0690. The van der Waals surface area contributed by atoms with Crippen molar-refractivity contribution >= 4 is 38.8 Å². The van der Waals surface area contributed by atoms with E-state index in [9.17, 15) is 4.79 Å². The summed E-state index contributed by atoms with van der Waals surface area (Å²) in [5, 5.41) is 11.7. The van der Waals surface area contributed by atoms with Crippen molar-refractivity contribution in [3.8, 4) is 11.3 Å². The first-order valence-corrected chi connectivity index (χ1v) is 10.9. The number of furan rings is 1. The molecule has 3 aromatic heterocycles. The van der Waals surface area contributed by atoms with Crippen LogP contribution in [0.4, 0.5) is 0 Å². The van der Waals surface area contributed by atoms with E-state index in [-0.39, 0.29) is 25.8 Å². The third-order valence-electron chi connectivity index (χ3n) is 5.50. The molecule has 0 aliphatic rings. The Morgan fingerprint density at radius 2 is 1.63 bits per heavy atom. The number of nitrogens with zero attached hydrogens (tertiary/aromatic N) is 2. The van der Waals surface area contributed by atoms with Crippen molar-refractivity contribution in [2.24, 2.45) is 0 Å². The molecule has 0 saturated carbocycles. The van der Waals surface area contributed by atoms with Crippen molar-refractivity contribution in [3.63, 3.8) is 0 Å². The molecule has 0 atom stereocenters. The molecule has 0 saturated heterocycles. The van der Waals surface area contributed by atoms with Gasteiger partial charge in [0.1, 0.15) is 16.9 Å². The molecule has 1 N–H and O–H groups in total. The summed E-state index contributed by atoms with van der Waals surface area (Å²) < 4.78 is 6.24. The molecule has 0 aliphatic carbocycles. The number of aromatic nitrogens is 2. The summed E-state index contributed by atoms with van der Waals surface area (Å²) in [6, 6.07) is 28.9. The number of pyridine rings is 2. The summed E-state index contributed by atoms with van der Waals surface area (Å²) in [6.45, 7) is 4.16. The predicted molar refractivity (Wildman–Crippen MR) is 134 cm³/mol. The van der Waals surface area contributed by atoms with Crippen molar-refractivity contribution < 1.29 is 34.4 Å². The number of carboxylic acids is 1. The zero-order valence-electron chi connectivity index (χ0n) is 19.1. The summed E-state index contributed by atoms with van der Waals surface area (Å²) in [6.07, 6.45) is 1.45. The molecular formula is C29H21IrN2O3-. The molecule has 35 heavy (non-hydrogen) atoms. The molecule has 6 heteroatoms. The van der Waals surface area contributed by atoms with Crippen LogP contribution in [-0.4, -0.2) is 21.0 Å². The van der Waals surface area contributed by atoms with Crippen LogP contribution >= 0.6 is 0 Å². The fourth-order valence-corrected chi connectivity index (χ4v) is 4.13. The van der Waals surface area contributed by atoms with Crippen LogP contribution in [-0.2, 0) is 20.1 Å². The Bertz CT molecular complexity index is 1640. The molecule has 5 nitrogen and oxygen atoms in total. The standard InChI is InChI=1S/C23H16NO.C6H5NO2.Ir/c1-14-11-15(2)13-16(12-14)22-23-21(17-7-3-5-9-19(17)24-22)18-8-4-6-10-20(18)25-23;8-6(9)5-3-1-2-4-7-5;/h3-12H,1-2H3;1-4H,(H,8,9);/q-1;;. The van der Waals surface area contributed by atoms with Gasteiger partial charge in [0.15, 0.2) is 0 Å².